The van der Waals surface area contributed by atoms with Crippen LogP contribution in [-0.2, 0) is 28.6 Å². The van der Waals surface area contributed by atoms with Crippen LogP contribution in [0.25, 0.3) is 0 Å². The summed E-state index contributed by atoms with van der Waals surface area (Å²) in [4.78, 5) is 37.0. The van der Waals surface area contributed by atoms with Crippen LogP contribution in [0.1, 0.15) is 219 Å². The van der Waals surface area contributed by atoms with Crippen molar-refractivity contribution in [3.8, 4) is 0 Å². The highest BCUT2D eigenvalue weighted by atomic mass is 16.6. The lowest BCUT2D eigenvalue weighted by Crippen LogP contribution is -2.50. The van der Waals surface area contributed by atoms with Gasteiger partial charge in [0.05, 0.1) is 34.4 Å². The largest absolute Gasteiger partial charge is 0.477 e. The quantitative estimate of drug-likeness (QED) is 0.0285. The lowest BCUT2D eigenvalue weighted by atomic mass is 10.0. The molecule has 0 rings (SSSR count). The van der Waals surface area contributed by atoms with E-state index in [0.29, 0.717) is 19.3 Å². The molecule has 0 saturated carbocycles. The molecule has 0 amide bonds. The first-order valence-electron chi connectivity index (χ1n) is 23.2. The molecule has 324 valence electrons. The zero-order valence-electron chi connectivity index (χ0n) is 36.9. The number of carbonyl (C=O) groups excluding carboxylic acids is 2. The van der Waals surface area contributed by atoms with Crippen LogP contribution < -0.4 is 0 Å². The van der Waals surface area contributed by atoms with Gasteiger partial charge in [0.15, 0.2) is 12.1 Å². The SMILES string of the molecule is CCCCCCCC/C=C/CCCCCC(=O)OCC(COCCC(C(=O)O)[N+](C)(C)C)OC(=O)CCCCCCCCCCCCCCCCCCCC. The number of carboxylic acids is 1. The highest BCUT2D eigenvalue weighted by Crippen LogP contribution is 2.16. The van der Waals surface area contributed by atoms with E-state index in [-0.39, 0.29) is 36.2 Å². The maximum atomic E-state index is 12.7. The Bertz CT molecular complexity index is 915. The molecule has 0 saturated heterocycles. The predicted molar refractivity (Wildman–Crippen MR) is 229 cm³/mol. The summed E-state index contributed by atoms with van der Waals surface area (Å²) in [5.74, 6) is -1.47. The number of hydrogen-bond acceptors (Lipinski definition) is 6. The van der Waals surface area contributed by atoms with Gasteiger partial charge < -0.3 is 23.8 Å². The lowest BCUT2D eigenvalue weighted by molar-refractivity contribution is -0.887. The van der Waals surface area contributed by atoms with Gasteiger partial charge in [-0.15, -0.1) is 0 Å². The third-order valence-electron chi connectivity index (χ3n) is 10.7. The maximum Gasteiger partial charge on any atom is 0.362 e. The van der Waals surface area contributed by atoms with Crippen LogP contribution in [0.15, 0.2) is 12.2 Å². The van der Waals surface area contributed by atoms with Crippen molar-refractivity contribution in [3.05, 3.63) is 12.2 Å². The van der Waals surface area contributed by atoms with Crippen molar-refractivity contribution in [2.45, 2.75) is 231 Å². The van der Waals surface area contributed by atoms with E-state index in [2.05, 4.69) is 26.0 Å². The van der Waals surface area contributed by atoms with Crippen LogP contribution in [0.5, 0.6) is 0 Å². The number of hydrogen-bond donors (Lipinski definition) is 1. The molecule has 0 aliphatic rings. The minimum atomic E-state index is -0.874. The Balaban J connectivity index is 4.28. The minimum absolute atomic E-state index is 0.0530. The Morgan fingerprint density at radius 1 is 0.527 bits per heavy atom. The lowest BCUT2D eigenvalue weighted by Gasteiger charge is -2.31. The third kappa shape index (κ3) is 37.4. The van der Waals surface area contributed by atoms with Crippen molar-refractivity contribution < 1.29 is 38.2 Å². The summed E-state index contributed by atoms with van der Waals surface area (Å²) in [6.07, 6.45) is 41.1. The molecule has 1 N–H and O–H groups in total. The second kappa shape index (κ2) is 38.9. The Morgan fingerprint density at radius 2 is 0.909 bits per heavy atom. The van der Waals surface area contributed by atoms with E-state index in [1.165, 1.54) is 135 Å². The molecule has 0 fully saturated rings. The molecule has 0 aliphatic heterocycles. The van der Waals surface area contributed by atoms with Crippen LogP contribution in [0.2, 0.25) is 0 Å². The zero-order chi connectivity index (χ0) is 40.7. The van der Waals surface area contributed by atoms with Gasteiger partial charge in [0.1, 0.15) is 6.61 Å². The van der Waals surface area contributed by atoms with Crippen LogP contribution in [0.4, 0.5) is 0 Å². The summed E-state index contributed by atoms with van der Waals surface area (Å²) in [5, 5.41) is 9.62. The average Bonchev–Trinajstić information content (AvgIpc) is 3.14. The monoisotopic (exact) mass is 781 g/mol. The molecule has 0 heterocycles. The molecule has 0 bridgehead atoms. The number of esters is 2. The molecular formula is C47H90NO7+. The Labute approximate surface area is 339 Å². The number of likely N-dealkylation sites (N-methyl/N-ethyl adjacent to an activating group) is 1. The second-order valence-corrected chi connectivity index (χ2v) is 17.0. The molecule has 0 aromatic carbocycles. The van der Waals surface area contributed by atoms with Gasteiger partial charge in [-0.3, -0.25) is 9.59 Å². The number of allylic oxidation sites excluding steroid dienone is 2. The number of ether oxygens (including phenoxy) is 3. The van der Waals surface area contributed by atoms with Crippen molar-refractivity contribution in [2.75, 3.05) is 41.0 Å². The van der Waals surface area contributed by atoms with Crippen LogP contribution in [-0.4, -0.2) is 80.6 Å². The summed E-state index contributed by atoms with van der Waals surface area (Å²) in [7, 11) is 5.53. The van der Waals surface area contributed by atoms with Gasteiger partial charge in [0.25, 0.3) is 0 Å². The smallest absolute Gasteiger partial charge is 0.362 e. The van der Waals surface area contributed by atoms with E-state index in [4.69, 9.17) is 14.2 Å². The fourth-order valence-corrected chi connectivity index (χ4v) is 7.03. The first-order chi connectivity index (χ1) is 26.6. The number of aliphatic carboxylic acids is 1. The van der Waals surface area contributed by atoms with E-state index in [9.17, 15) is 19.5 Å². The van der Waals surface area contributed by atoms with Crippen LogP contribution in [0, 0.1) is 0 Å². The molecule has 0 radical (unpaired) electrons. The molecular weight excluding hydrogens is 691 g/mol. The standard InChI is InChI=1S/C47H89NO7/c1-6-8-10-12-14-16-18-20-21-22-23-24-26-28-30-32-34-36-38-46(50)55-43(41-53-40-39-44(47(51)52)48(3,4)5)42-54-45(49)37-35-33-31-29-27-25-19-17-15-13-11-9-7-2/h25,27,43-44H,6-24,26,28-42H2,1-5H3/p+1/b27-25+. The Hall–Kier alpha value is -1.93. The second-order valence-electron chi connectivity index (χ2n) is 17.0. The van der Waals surface area contributed by atoms with Gasteiger partial charge in [-0.2, -0.15) is 0 Å². The summed E-state index contributed by atoms with van der Waals surface area (Å²) in [6, 6.07) is -0.612. The summed E-state index contributed by atoms with van der Waals surface area (Å²) >= 11 is 0. The van der Waals surface area contributed by atoms with Crippen molar-refractivity contribution in [1.29, 1.82) is 0 Å². The number of carbonyl (C=O) groups is 3. The minimum Gasteiger partial charge on any atom is -0.477 e. The van der Waals surface area contributed by atoms with Gasteiger partial charge >= 0.3 is 17.9 Å². The zero-order valence-corrected chi connectivity index (χ0v) is 36.9. The van der Waals surface area contributed by atoms with E-state index < -0.39 is 18.1 Å². The molecule has 2 atom stereocenters. The topological polar surface area (TPSA) is 99.1 Å². The Kier molecular flexibility index (Phi) is 37.6. The number of rotatable bonds is 42. The van der Waals surface area contributed by atoms with Gasteiger partial charge in [-0.1, -0.05) is 174 Å². The fraction of sp³-hybridized carbons (Fsp3) is 0.894. The fourth-order valence-electron chi connectivity index (χ4n) is 7.03. The van der Waals surface area contributed by atoms with Crippen LogP contribution in [0.3, 0.4) is 0 Å². The third-order valence-corrected chi connectivity index (χ3v) is 10.7. The Morgan fingerprint density at radius 3 is 1.33 bits per heavy atom. The van der Waals surface area contributed by atoms with Crippen molar-refractivity contribution in [3.63, 3.8) is 0 Å². The van der Waals surface area contributed by atoms with Crippen molar-refractivity contribution in [2.24, 2.45) is 0 Å². The normalized spacial score (nSPS) is 13.0. The van der Waals surface area contributed by atoms with Crippen LogP contribution >= 0.6 is 0 Å². The van der Waals surface area contributed by atoms with E-state index in [1.54, 1.807) is 0 Å². The highest BCUT2D eigenvalue weighted by molar-refractivity contribution is 5.72. The molecule has 0 aromatic heterocycles. The molecule has 0 spiro atoms. The van der Waals surface area contributed by atoms with E-state index >= 15 is 0 Å². The number of unbranched alkanes of at least 4 members (excludes halogenated alkanes) is 26. The van der Waals surface area contributed by atoms with Gasteiger partial charge in [0, 0.05) is 19.3 Å². The molecule has 2 unspecified atom stereocenters. The van der Waals surface area contributed by atoms with Crippen molar-refractivity contribution in [1.82, 2.24) is 0 Å². The van der Waals surface area contributed by atoms with Crippen molar-refractivity contribution >= 4 is 17.9 Å². The molecule has 0 aromatic rings. The average molecular weight is 781 g/mol. The summed E-state index contributed by atoms with van der Waals surface area (Å²) in [5.41, 5.74) is 0. The van der Waals surface area contributed by atoms with Gasteiger partial charge in [-0.05, 0) is 38.5 Å². The summed E-state index contributed by atoms with van der Waals surface area (Å²) < 4.78 is 17.3. The maximum absolute atomic E-state index is 12.7. The first-order valence-corrected chi connectivity index (χ1v) is 23.2. The predicted octanol–water partition coefficient (Wildman–Crippen LogP) is 12.7. The molecule has 8 nitrogen and oxygen atoms in total. The van der Waals surface area contributed by atoms with E-state index in [0.717, 1.165) is 51.4 Å². The molecule has 8 heteroatoms. The summed E-state index contributed by atoms with van der Waals surface area (Å²) in [6.45, 7) is 4.74. The van der Waals surface area contributed by atoms with Gasteiger partial charge in [-0.25, -0.2) is 4.79 Å². The number of nitrogens with zero attached hydrogens (tertiary/aromatic N) is 1. The first kappa shape index (κ1) is 53.1. The van der Waals surface area contributed by atoms with E-state index in [1.807, 2.05) is 21.1 Å². The number of quaternary nitrogens is 1. The molecule has 55 heavy (non-hydrogen) atoms. The van der Waals surface area contributed by atoms with Gasteiger partial charge in [0.2, 0.25) is 0 Å². The molecule has 0 aliphatic carbocycles. The number of carboxylic acid groups (broad SMARTS) is 1. The highest BCUT2D eigenvalue weighted by Gasteiger charge is 2.31.